The molecule has 2 heterocycles. The van der Waals surface area contributed by atoms with E-state index in [9.17, 15) is 4.79 Å². The molecule has 0 saturated carbocycles. The Hall–Kier alpha value is -0.480. The lowest BCUT2D eigenvalue weighted by Crippen LogP contribution is -2.35. The van der Waals surface area contributed by atoms with Gasteiger partial charge in [0, 0.05) is 4.88 Å². The van der Waals surface area contributed by atoms with Gasteiger partial charge in [-0.3, -0.25) is 4.79 Å². The first-order chi connectivity index (χ1) is 6.74. The van der Waals surface area contributed by atoms with E-state index in [1.165, 1.54) is 9.09 Å². The zero-order valence-corrected chi connectivity index (χ0v) is 9.93. The summed E-state index contributed by atoms with van der Waals surface area (Å²) >= 11 is 3.54. The van der Waals surface area contributed by atoms with Crippen LogP contribution in [0.1, 0.15) is 35.5 Å². The molecule has 1 N–H and O–H groups in total. The second kappa shape index (κ2) is 3.95. The molecule has 2 rings (SSSR count). The van der Waals surface area contributed by atoms with Gasteiger partial charge in [0.2, 0.25) is 0 Å². The minimum absolute atomic E-state index is 0.0987. The highest BCUT2D eigenvalue weighted by Crippen LogP contribution is 2.38. The van der Waals surface area contributed by atoms with Gasteiger partial charge in [-0.2, -0.15) is 0 Å². The maximum atomic E-state index is 11.7. The molecular formula is C10H13NOS2. The lowest BCUT2D eigenvalue weighted by Gasteiger charge is -2.20. The normalized spacial score (nSPS) is 20.4. The number of fused-ring (bicyclic) bond motifs is 1. The number of carbonyl (C=O) groups is 1. The summed E-state index contributed by atoms with van der Waals surface area (Å²) in [4.78, 5) is 13.0. The summed E-state index contributed by atoms with van der Waals surface area (Å²) in [7, 11) is 0. The van der Waals surface area contributed by atoms with E-state index in [2.05, 4.69) is 19.2 Å². The van der Waals surface area contributed by atoms with Crippen LogP contribution in [-0.4, -0.2) is 11.3 Å². The van der Waals surface area contributed by atoms with Gasteiger partial charge >= 0.3 is 0 Å². The van der Waals surface area contributed by atoms with Crippen LogP contribution in [0.3, 0.4) is 0 Å². The molecular weight excluding hydrogens is 214 g/mol. The Labute approximate surface area is 92.1 Å². The summed E-state index contributed by atoms with van der Waals surface area (Å²) in [5.41, 5.74) is 0.876. The fourth-order valence-corrected chi connectivity index (χ4v) is 3.96. The van der Waals surface area contributed by atoms with Crippen LogP contribution >= 0.6 is 23.1 Å². The van der Waals surface area contributed by atoms with E-state index < -0.39 is 0 Å². The van der Waals surface area contributed by atoms with Gasteiger partial charge < -0.3 is 5.32 Å². The topological polar surface area (TPSA) is 29.1 Å². The highest BCUT2D eigenvalue weighted by atomic mass is 32.2. The third-order valence-corrected chi connectivity index (χ3v) is 5.04. The number of nitrogens with one attached hydrogen (secondary N) is 1. The molecule has 1 aliphatic heterocycles. The first-order valence-electron chi connectivity index (χ1n) is 4.84. The molecule has 0 spiro atoms. The Morgan fingerprint density at radius 2 is 2.29 bits per heavy atom. The van der Waals surface area contributed by atoms with Gasteiger partial charge in [0.05, 0.1) is 15.1 Å². The Morgan fingerprint density at radius 1 is 1.50 bits per heavy atom. The fraction of sp³-hybridized carbons (Fsp3) is 0.500. The number of rotatable bonds is 2. The van der Waals surface area contributed by atoms with Crippen LogP contribution in [0.25, 0.3) is 0 Å². The van der Waals surface area contributed by atoms with Crippen LogP contribution in [0, 0.1) is 0 Å². The summed E-state index contributed by atoms with van der Waals surface area (Å²) in [6.07, 6.45) is 2.00. The van der Waals surface area contributed by atoms with Crippen LogP contribution in [0.4, 0.5) is 0 Å². The van der Waals surface area contributed by atoms with Crippen molar-refractivity contribution in [2.45, 2.75) is 36.3 Å². The molecule has 1 aromatic heterocycles. The molecule has 0 aromatic carbocycles. The number of aryl methyl sites for hydroxylation is 1. The number of thiophene rings is 1. The summed E-state index contributed by atoms with van der Waals surface area (Å²) in [5, 5.41) is 3.25. The van der Waals surface area contributed by atoms with Crippen molar-refractivity contribution < 1.29 is 4.79 Å². The van der Waals surface area contributed by atoms with E-state index >= 15 is 0 Å². The minimum atomic E-state index is 0.0987. The standard InChI is InChI=1S/C10H13NOS2/c1-3-6-5-7-9(12)11-8(4-2)14-10(7)13-6/h5,8H,3-4H2,1-2H3,(H,11,12)/t8-/m1/s1. The number of carbonyl (C=O) groups excluding carboxylic acids is 1. The van der Waals surface area contributed by atoms with E-state index in [0.717, 1.165) is 18.4 Å². The van der Waals surface area contributed by atoms with Crippen molar-refractivity contribution in [3.05, 3.63) is 16.5 Å². The number of thioether (sulfide) groups is 1. The molecule has 76 valence electrons. The average molecular weight is 227 g/mol. The van der Waals surface area contributed by atoms with Gasteiger partial charge in [-0.1, -0.05) is 25.6 Å². The maximum absolute atomic E-state index is 11.7. The summed E-state index contributed by atoms with van der Waals surface area (Å²) in [6.45, 7) is 4.22. The largest absolute Gasteiger partial charge is 0.340 e. The molecule has 2 nitrogen and oxygen atoms in total. The minimum Gasteiger partial charge on any atom is -0.340 e. The van der Waals surface area contributed by atoms with Crippen LogP contribution in [0.15, 0.2) is 10.3 Å². The Balaban J connectivity index is 2.33. The van der Waals surface area contributed by atoms with Crippen LogP contribution in [0.2, 0.25) is 0 Å². The fourth-order valence-electron chi connectivity index (χ4n) is 1.41. The van der Waals surface area contributed by atoms with E-state index in [4.69, 9.17) is 0 Å². The Bertz CT molecular complexity index is 359. The number of hydrogen-bond donors (Lipinski definition) is 1. The van der Waals surface area contributed by atoms with Gasteiger partial charge in [0.15, 0.2) is 0 Å². The predicted octanol–water partition coefficient (Wildman–Crippen LogP) is 2.88. The number of hydrogen-bond acceptors (Lipinski definition) is 3. The monoisotopic (exact) mass is 227 g/mol. The van der Waals surface area contributed by atoms with Crippen LogP contribution in [-0.2, 0) is 6.42 Å². The van der Waals surface area contributed by atoms with Gasteiger partial charge in [-0.15, -0.1) is 11.3 Å². The van der Waals surface area contributed by atoms with Crippen LogP contribution in [0.5, 0.6) is 0 Å². The summed E-state index contributed by atoms with van der Waals surface area (Å²) in [5.74, 6) is 0.0987. The second-order valence-electron chi connectivity index (χ2n) is 3.26. The summed E-state index contributed by atoms with van der Waals surface area (Å²) in [6, 6.07) is 2.02. The van der Waals surface area contributed by atoms with Crippen molar-refractivity contribution in [2.24, 2.45) is 0 Å². The molecule has 1 atom stereocenters. The molecule has 0 fully saturated rings. The molecule has 0 unspecified atom stereocenters. The van der Waals surface area contributed by atoms with Crippen molar-refractivity contribution in [1.82, 2.24) is 5.32 Å². The molecule has 14 heavy (non-hydrogen) atoms. The smallest absolute Gasteiger partial charge is 0.254 e. The van der Waals surface area contributed by atoms with E-state index in [0.29, 0.717) is 0 Å². The maximum Gasteiger partial charge on any atom is 0.254 e. The second-order valence-corrected chi connectivity index (χ2v) is 5.86. The lowest BCUT2D eigenvalue weighted by atomic mass is 10.2. The Kier molecular flexibility index (Phi) is 2.83. The van der Waals surface area contributed by atoms with Crippen molar-refractivity contribution >= 4 is 29.0 Å². The SMILES string of the molecule is CCc1cc2c(s1)S[C@H](CC)NC2=O. The van der Waals surface area contributed by atoms with Gasteiger partial charge in [-0.25, -0.2) is 0 Å². The zero-order chi connectivity index (χ0) is 10.1. The number of amides is 1. The highest BCUT2D eigenvalue weighted by Gasteiger charge is 2.25. The van der Waals surface area contributed by atoms with E-state index in [1.807, 2.05) is 6.07 Å². The first-order valence-corrected chi connectivity index (χ1v) is 6.54. The molecule has 4 heteroatoms. The quantitative estimate of drug-likeness (QED) is 0.841. The zero-order valence-electron chi connectivity index (χ0n) is 8.29. The van der Waals surface area contributed by atoms with Gasteiger partial charge in [0.25, 0.3) is 5.91 Å². The van der Waals surface area contributed by atoms with Crippen molar-refractivity contribution in [3.8, 4) is 0 Å². The van der Waals surface area contributed by atoms with Crippen molar-refractivity contribution in [3.63, 3.8) is 0 Å². The third kappa shape index (κ3) is 1.68. The lowest BCUT2D eigenvalue weighted by molar-refractivity contribution is 0.0944. The molecule has 1 aliphatic rings. The molecule has 0 bridgehead atoms. The molecule has 0 radical (unpaired) electrons. The van der Waals surface area contributed by atoms with Crippen molar-refractivity contribution in [1.29, 1.82) is 0 Å². The highest BCUT2D eigenvalue weighted by molar-refractivity contribution is 8.01. The van der Waals surface area contributed by atoms with Gasteiger partial charge in [-0.05, 0) is 18.9 Å². The molecule has 1 amide bonds. The van der Waals surface area contributed by atoms with E-state index in [-0.39, 0.29) is 11.3 Å². The van der Waals surface area contributed by atoms with E-state index in [1.54, 1.807) is 23.1 Å². The molecule has 1 aromatic rings. The molecule has 0 saturated heterocycles. The van der Waals surface area contributed by atoms with Gasteiger partial charge in [0.1, 0.15) is 0 Å². The summed E-state index contributed by atoms with van der Waals surface area (Å²) < 4.78 is 1.19. The average Bonchev–Trinajstić information content (AvgIpc) is 2.61. The first kappa shape index (κ1) is 10.1. The third-order valence-electron chi connectivity index (χ3n) is 2.25. The van der Waals surface area contributed by atoms with Crippen molar-refractivity contribution in [2.75, 3.05) is 0 Å². The predicted molar refractivity (Wildman–Crippen MR) is 61.1 cm³/mol. The van der Waals surface area contributed by atoms with Crippen LogP contribution < -0.4 is 5.32 Å². The Morgan fingerprint density at radius 3 is 2.93 bits per heavy atom. The molecule has 0 aliphatic carbocycles.